The first-order chi connectivity index (χ1) is 19.0. The molecule has 2 amide bonds. The molecule has 0 radical (unpaired) electrons. The molecule has 3 aliphatic rings. The molecular formula is C29H36F2N4O6. The summed E-state index contributed by atoms with van der Waals surface area (Å²) in [6.07, 6.45) is -0.210. The average Bonchev–Trinajstić information content (AvgIpc) is 2.97. The van der Waals surface area contributed by atoms with Gasteiger partial charge in [0, 0.05) is 38.1 Å². The Hall–Kier alpha value is -3.67. The van der Waals surface area contributed by atoms with E-state index >= 15 is 4.39 Å². The van der Waals surface area contributed by atoms with Crippen LogP contribution >= 0.6 is 0 Å². The molecule has 5 rings (SSSR count). The third-order valence-corrected chi connectivity index (χ3v) is 7.63. The summed E-state index contributed by atoms with van der Waals surface area (Å²) >= 11 is 0. The Morgan fingerprint density at radius 2 is 1.88 bits per heavy atom. The monoisotopic (exact) mass is 574 g/mol. The van der Waals surface area contributed by atoms with Gasteiger partial charge >= 0.3 is 6.09 Å². The van der Waals surface area contributed by atoms with Gasteiger partial charge in [-0.15, -0.1) is 0 Å². The Morgan fingerprint density at radius 3 is 2.49 bits per heavy atom. The molecule has 1 unspecified atom stereocenters. The Bertz CT molecular complexity index is 1390. The van der Waals surface area contributed by atoms with Gasteiger partial charge in [0.05, 0.1) is 17.2 Å². The number of ether oxygens (including phenoxy) is 2. The maximum Gasteiger partial charge on any atom is 0.410 e. The number of rotatable bonds is 2. The molecule has 222 valence electrons. The second-order valence-electron chi connectivity index (χ2n) is 12.9. The molecule has 2 fully saturated rings. The lowest BCUT2D eigenvalue weighted by atomic mass is 9.94. The zero-order chi connectivity index (χ0) is 30.1. The number of phenols is 1. The number of hydrogen-bond donors (Lipinski definition) is 2. The van der Waals surface area contributed by atoms with Crippen molar-refractivity contribution in [1.82, 2.24) is 14.8 Å². The van der Waals surface area contributed by atoms with E-state index in [0.29, 0.717) is 6.42 Å². The number of fused-ring (bicyclic) bond motifs is 2. The lowest BCUT2D eigenvalue weighted by molar-refractivity contribution is 0.000863. The minimum atomic E-state index is -1.15. The number of aromatic hydroxyl groups is 1. The first-order valence-electron chi connectivity index (χ1n) is 13.6. The highest BCUT2D eigenvalue weighted by Crippen LogP contribution is 2.46. The number of aliphatic hydroxyl groups is 1. The van der Waals surface area contributed by atoms with E-state index in [4.69, 9.17) is 9.47 Å². The van der Waals surface area contributed by atoms with Crippen molar-refractivity contribution in [2.45, 2.75) is 70.7 Å². The number of halogens is 2. The van der Waals surface area contributed by atoms with Gasteiger partial charge in [0.2, 0.25) is 0 Å². The van der Waals surface area contributed by atoms with E-state index in [1.165, 1.54) is 21.9 Å². The molecule has 2 aromatic rings. The largest absolute Gasteiger partial charge is 0.507 e. The minimum absolute atomic E-state index is 0.0158. The van der Waals surface area contributed by atoms with Crippen LogP contribution in [0.5, 0.6) is 11.5 Å². The molecule has 1 aromatic carbocycles. The van der Waals surface area contributed by atoms with Crippen molar-refractivity contribution in [3.63, 3.8) is 0 Å². The van der Waals surface area contributed by atoms with Gasteiger partial charge in [-0.3, -0.25) is 4.79 Å². The fraction of sp³-hybridized carbons (Fsp3) is 0.552. The molecule has 10 nitrogen and oxygen atoms in total. The summed E-state index contributed by atoms with van der Waals surface area (Å²) in [5, 5.41) is 21.4. The maximum absolute atomic E-state index is 16.2. The van der Waals surface area contributed by atoms with Crippen LogP contribution in [0.4, 0.5) is 19.4 Å². The number of carbonyl (C=O) groups is 2. The number of β-amino-alcohol motifs (C(OH)–C–C–N with tert-alkyl or cyclic N) is 1. The maximum atomic E-state index is 16.2. The van der Waals surface area contributed by atoms with Crippen molar-refractivity contribution in [3.05, 3.63) is 35.4 Å². The standard InChI is InChI=1S/C29H36F2N4O6/c1-27(2,3)41-26(38)33-10-11-34-16(12-33)13-40-23-20(25(34)37)24(35-15-29(6,39)14-28(35,4)5)32-22(21(23)31)19-17(30)8-7-9-18(19)36/h7-9,16,36,39H,10-15H2,1-6H3/t16-,29?/m1/s1. The first-order valence-corrected chi connectivity index (χ1v) is 13.6. The predicted octanol–water partition coefficient (Wildman–Crippen LogP) is 3.93. The van der Waals surface area contributed by atoms with Crippen molar-refractivity contribution >= 4 is 17.8 Å². The summed E-state index contributed by atoms with van der Waals surface area (Å²) in [4.78, 5) is 36.1. The molecule has 41 heavy (non-hydrogen) atoms. The summed E-state index contributed by atoms with van der Waals surface area (Å²) in [5.41, 5.74) is -3.71. The first kappa shape index (κ1) is 28.8. The van der Waals surface area contributed by atoms with Crippen LogP contribution < -0.4 is 9.64 Å². The van der Waals surface area contributed by atoms with Gasteiger partial charge < -0.3 is 34.4 Å². The Labute approximate surface area is 237 Å². The molecule has 0 aliphatic carbocycles. The predicted molar refractivity (Wildman–Crippen MR) is 146 cm³/mol. The number of nitrogens with zero attached hydrogens (tertiary/aromatic N) is 4. The van der Waals surface area contributed by atoms with Crippen molar-refractivity contribution in [2.24, 2.45) is 0 Å². The zero-order valence-corrected chi connectivity index (χ0v) is 24.1. The van der Waals surface area contributed by atoms with Crippen LogP contribution in [0.2, 0.25) is 0 Å². The number of anilines is 1. The van der Waals surface area contributed by atoms with Crippen molar-refractivity contribution in [2.75, 3.05) is 37.7 Å². The van der Waals surface area contributed by atoms with E-state index in [1.54, 1.807) is 32.6 Å². The van der Waals surface area contributed by atoms with Crippen molar-refractivity contribution < 1.29 is 38.1 Å². The SMILES string of the molecule is CC1(O)CN(c2nc(-c3c(O)cccc3F)c(F)c3c2C(=O)N2CCN(C(=O)OC(C)(C)C)C[C@@H]2CO3)C(C)(C)C1. The quantitative estimate of drug-likeness (QED) is 0.555. The molecule has 0 saturated carbocycles. The summed E-state index contributed by atoms with van der Waals surface area (Å²) in [6.45, 7) is 11.0. The number of benzene rings is 1. The number of carbonyl (C=O) groups excluding carboxylic acids is 2. The number of piperazine rings is 1. The number of aromatic nitrogens is 1. The van der Waals surface area contributed by atoms with Gasteiger partial charge in [-0.2, -0.15) is 0 Å². The summed E-state index contributed by atoms with van der Waals surface area (Å²) in [5.74, 6) is -3.48. The molecule has 4 heterocycles. The van der Waals surface area contributed by atoms with Gasteiger partial charge in [-0.1, -0.05) is 6.07 Å². The Morgan fingerprint density at radius 1 is 1.17 bits per heavy atom. The summed E-state index contributed by atoms with van der Waals surface area (Å²) in [6, 6.07) is 2.95. The molecule has 0 spiro atoms. The molecular weight excluding hydrogens is 538 g/mol. The molecule has 2 saturated heterocycles. The molecule has 1 aromatic heterocycles. The van der Waals surface area contributed by atoms with E-state index in [-0.39, 0.29) is 44.2 Å². The highest BCUT2D eigenvalue weighted by Gasteiger charge is 2.49. The van der Waals surface area contributed by atoms with Crippen LogP contribution in [0.25, 0.3) is 11.3 Å². The third-order valence-electron chi connectivity index (χ3n) is 7.63. The second-order valence-corrected chi connectivity index (χ2v) is 12.9. The Balaban J connectivity index is 1.63. The van der Waals surface area contributed by atoms with Gasteiger partial charge in [-0.05, 0) is 53.7 Å². The normalized spacial score (nSPS) is 24.0. The molecule has 3 aliphatic heterocycles. The van der Waals surface area contributed by atoms with Gasteiger partial charge in [-0.25, -0.2) is 18.6 Å². The van der Waals surface area contributed by atoms with E-state index in [1.807, 2.05) is 13.8 Å². The van der Waals surface area contributed by atoms with E-state index in [0.717, 1.165) is 6.07 Å². The topological polar surface area (TPSA) is 116 Å². The van der Waals surface area contributed by atoms with Gasteiger partial charge in [0.25, 0.3) is 5.91 Å². The number of hydrogen-bond acceptors (Lipinski definition) is 8. The van der Waals surface area contributed by atoms with Crippen LogP contribution in [0.15, 0.2) is 18.2 Å². The zero-order valence-electron chi connectivity index (χ0n) is 24.1. The van der Waals surface area contributed by atoms with Crippen LogP contribution in [-0.4, -0.2) is 92.6 Å². The van der Waals surface area contributed by atoms with E-state index < -0.39 is 69.2 Å². The summed E-state index contributed by atoms with van der Waals surface area (Å²) < 4.78 is 42.7. The van der Waals surface area contributed by atoms with Crippen molar-refractivity contribution in [3.8, 4) is 22.8 Å². The smallest absolute Gasteiger partial charge is 0.410 e. The minimum Gasteiger partial charge on any atom is -0.507 e. The van der Waals surface area contributed by atoms with Crippen molar-refractivity contribution in [1.29, 1.82) is 0 Å². The summed E-state index contributed by atoms with van der Waals surface area (Å²) in [7, 11) is 0. The highest BCUT2D eigenvalue weighted by molar-refractivity contribution is 6.03. The van der Waals surface area contributed by atoms with Gasteiger partial charge in [0.1, 0.15) is 40.8 Å². The highest BCUT2D eigenvalue weighted by atomic mass is 19.1. The van der Waals surface area contributed by atoms with Gasteiger partial charge in [0.15, 0.2) is 11.6 Å². The van der Waals surface area contributed by atoms with Crippen LogP contribution in [0.1, 0.15) is 58.3 Å². The third kappa shape index (κ3) is 5.25. The number of amides is 2. The van der Waals surface area contributed by atoms with E-state index in [2.05, 4.69) is 4.98 Å². The Kier molecular flexibility index (Phi) is 6.83. The average molecular weight is 575 g/mol. The lowest BCUT2D eigenvalue weighted by Crippen LogP contribution is -2.58. The van der Waals surface area contributed by atoms with Crippen LogP contribution in [-0.2, 0) is 4.74 Å². The lowest BCUT2D eigenvalue weighted by Gasteiger charge is -2.40. The van der Waals surface area contributed by atoms with E-state index in [9.17, 15) is 24.2 Å². The molecule has 0 bridgehead atoms. The fourth-order valence-electron chi connectivity index (χ4n) is 6.05. The fourth-order valence-corrected chi connectivity index (χ4v) is 6.05. The molecule has 2 N–H and O–H groups in total. The number of pyridine rings is 1. The molecule has 12 heteroatoms. The van der Waals surface area contributed by atoms with Crippen LogP contribution in [0, 0.1) is 11.6 Å². The molecule has 2 atom stereocenters. The second kappa shape index (κ2) is 9.71. The number of phenolic OH excluding ortho intramolecular Hbond substituents is 1. The van der Waals surface area contributed by atoms with Crippen LogP contribution in [0.3, 0.4) is 0 Å².